The molecule has 0 amide bonds. The topological polar surface area (TPSA) is 86.7 Å². The molecule has 7 heteroatoms. The summed E-state index contributed by atoms with van der Waals surface area (Å²) in [5.41, 5.74) is -0.824. The number of rotatable bonds is 4. The first-order valence-corrected chi connectivity index (χ1v) is 8.63. The van der Waals surface area contributed by atoms with Gasteiger partial charge in [-0.05, 0) is 25.8 Å². The maximum absolute atomic E-state index is 11.5. The van der Waals surface area contributed by atoms with Gasteiger partial charge in [-0.25, -0.2) is 8.42 Å². The molecule has 1 saturated heterocycles. The van der Waals surface area contributed by atoms with Crippen molar-refractivity contribution in [3.8, 4) is 0 Å². The number of carboxylic acids is 1. The van der Waals surface area contributed by atoms with Gasteiger partial charge in [0.05, 0.1) is 11.5 Å². The van der Waals surface area contributed by atoms with Crippen molar-refractivity contribution < 1.29 is 18.3 Å². The van der Waals surface area contributed by atoms with Crippen LogP contribution in [-0.2, 0) is 14.6 Å². The van der Waals surface area contributed by atoms with Gasteiger partial charge in [0.25, 0.3) is 0 Å². The molecule has 1 aliphatic carbocycles. The van der Waals surface area contributed by atoms with Crippen molar-refractivity contribution >= 4 is 15.8 Å². The summed E-state index contributed by atoms with van der Waals surface area (Å²) in [5.74, 6) is -0.392. The Hall–Kier alpha value is -0.660. The van der Waals surface area contributed by atoms with E-state index in [1.807, 2.05) is 6.92 Å². The van der Waals surface area contributed by atoms with E-state index in [-0.39, 0.29) is 17.5 Å². The monoisotopic (exact) mass is 290 g/mol. The maximum Gasteiger partial charge on any atom is 0.323 e. The molecule has 0 aromatic carbocycles. The second kappa shape index (κ2) is 5.38. The number of aliphatic carboxylic acids is 1. The SMILES string of the molecule is CCNC1(C(=O)O)CCC(N2CCS(=O)(=O)CC2)C1. The molecule has 6 nitrogen and oxygen atoms in total. The van der Waals surface area contributed by atoms with Crippen LogP contribution < -0.4 is 5.32 Å². The van der Waals surface area contributed by atoms with Crippen molar-refractivity contribution in [2.45, 2.75) is 37.8 Å². The van der Waals surface area contributed by atoms with E-state index in [0.717, 1.165) is 6.42 Å². The van der Waals surface area contributed by atoms with Gasteiger partial charge in [0.15, 0.2) is 9.84 Å². The zero-order chi connectivity index (χ0) is 14.1. The van der Waals surface area contributed by atoms with Gasteiger partial charge in [0.1, 0.15) is 5.54 Å². The molecule has 1 saturated carbocycles. The minimum atomic E-state index is -2.87. The average Bonchev–Trinajstić information content (AvgIpc) is 2.75. The molecule has 2 rings (SSSR count). The van der Waals surface area contributed by atoms with E-state index in [2.05, 4.69) is 10.2 Å². The molecular weight excluding hydrogens is 268 g/mol. The highest BCUT2D eigenvalue weighted by molar-refractivity contribution is 7.91. The van der Waals surface area contributed by atoms with Gasteiger partial charge >= 0.3 is 5.97 Å². The quantitative estimate of drug-likeness (QED) is 0.739. The number of hydrogen-bond acceptors (Lipinski definition) is 5. The summed E-state index contributed by atoms with van der Waals surface area (Å²) >= 11 is 0. The molecule has 2 unspecified atom stereocenters. The Morgan fingerprint density at radius 2 is 2.05 bits per heavy atom. The van der Waals surface area contributed by atoms with Gasteiger partial charge in [-0.15, -0.1) is 0 Å². The first kappa shape index (κ1) is 14.7. The lowest BCUT2D eigenvalue weighted by Gasteiger charge is -2.33. The summed E-state index contributed by atoms with van der Waals surface area (Å²) in [5, 5.41) is 12.5. The van der Waals surface area contributed by atoms with Crippen LogP contribution in [-0.4, -0.2) is 67.1 Å². The number of nitrogens with zero attached hydrogens (tertiary/aromatic N) is 1. The first-order chi connectivity index (χ1) is 8.88. The third-order valence-electron chi connectivity index (χ3n) is 4.31. The number of carboxylic acid groups (broad SMARTS) is 1. The molecule has 2 N–H and O–H groups in total. The van der Waals surface area contributed by atoms with Gasteiger partial charge in [0.2, 0.25) is 0 Å². The Morgan fingerprint density at radius 1 is 1.42 bits per heavy atom. The molecule has 0 aromatic rings. The summed E-state index contributed by atoms with van der Waals surface area (Å²) in [6.07, 6.45) is 2.00. The van der Waals surface area contributed by atoms with E-state index in [4.69, 9.17) is 0 Å². The van der Waals surface area contributed by atoms with E-state index in [1.54, 1.807) is 0 Å². The highest BCUT2D eigenvalue weighted by Crippen LogP contribution is 2.34. The van der Waals surface area contributed by atoms with E-state index in [9.17, 15) is 18.3 Å². The summed E-state index contributed by atoms with van der Waals surface area (Å²) in [6.45, 7) is 3.61. The largest absolute Gasteiger partial charge is 0.480 e. The summed E-state index contributed by atoms with van der Waals surface area (Å²) in [6, 6.07) is 0.186. The molecule has 19 heavy (non-hydrogen) atoms. The van der Waals surface area contributed by atoms with E-state index in [0.29, 0.717) is 32.5 Å². The lowest BCUT2D eigenvalue weighted by Crippen LogP contribution is -2.52. The molecule has 110 valence electrons. The van der Waals surface area contributed by atoms with Gasteiger partial charge in [-0.2, -0.15) is 0 Å². The van der Waals surface area contributed by atoms with Gasteiger partial charge < -0.3 is 10.4 Å². The second-order valence-corrected chi connectivity index (χ2v) is 7.81. The van der Waals surface area contributed by atoms with E-state index in [1.165, 1.54) is 0 Å². The van der Waals surface area contributed by atoms with Crippen molar-refractivity contribution in [3.63, 3.8) is 0 Å². The predicted octanol–water partition coefficient (Wildman–Crippen LogP) is -0.298. The lowest BCUT2D eigenvalue weighted by molar-refractivity contribution is -0.144. The number of sulfone groups is 1. The number of hydrogen-bond donors (Lipinski definition) is 2. The highest BCUT2D eigenvalue weighted by Gasteiger charge is 2.46. The fraction of sp³-hybridized carbons (Fsp3) is 0.917. The van der Waals surface area contributed by atoms with Crippen LogP contribution in [0.2, 0.25) is 0 Å². The fourth-order valence-electron chi connectivity index (χ4n) is 3.19. The van der Waals surface area contributed by atoms with Crippen LogP contribution in [0, 0.1) is 0 Å². The number of likely N-dealkylation sites (N-methyl/N-ethyl adjacent to an activating group) is 1. The summed E-state index contributed by atoms with van der Waals surface area (Å²) in [7, 11) is -2.87. The Balaban J connectivity index is 2.00. The van der Waals surface area contributed by atoms with Crippen LogP contribution in [0.3, 0.4) is 0 Å². The third kappa shape index (κ3) is 3.09. The number of carbonyl (C=O) groups is 1. The third-order valence-corrected chi connectivity index (χ3v) is 5.92. The predicted molar refractivity (Wildman–Crippen MR) is 71.9 cm³/mol. The van der Waals surface area contributed by atoms with Crippen LogP contribution in [0.15, 0.2) is 0 Å². The Kier molecular flexibility index (Phi) is 4.17. The Bertz CT molecular complexity index is 437. The Morgan fingerprint density at radius 3 is 2.58 bits per heavy atom. The molecule has 2 fully saturated rings. The highest BCUT2D eigenvalue weighted by atomic mass is 32.2. The molecule has 0 spiro atoms. The minimum absolute atomic E-state index is 0.186. The van der Waals surface area contributed by atoms with Crippen molar-refractivity contribution in [1.82, 2.24) is 10.2 Å². The van der Waals surface area contributed by atoms with Crippen LogP contribution in [0.4, 0.5) is 0 Å². The standard InChI is InChI=1S/C12H22N2O4S/c1-2-13-12(11(15)16)4-3-10(9-12)14-5-7-19(17,18)8-6-14/h10,13H,2-9H2,1H3,(H,15,16). The van der Waals surface area contributed by atoms with E-state index >= 15 is 0 Å². The molecule has 1 aliphatic heterocycles. The zero-order valence-electron chi connectivity index (χ0n) is 11.3. The second-order valence-electron chi connectivity index (χ2n) is 5.50. The van der Waals surface area contributed by atoms with Crippen LogP contribution in [0.5, 0.6) is 0 Å². The van der Waals surface area contributed by atoms with Crippen LogP contribution in [0.1, 0.15) is 26.2 Å². The molecule has 1 heterocycles. The summed E-state index contributed by atoms with van der Waals surface area (Å²) < 4.78 is 22.8. The molecule has 2 aliphatic rings. The fourth-order valence-corrected chi connectivity index (χ4v) is 4.42. The average molecular weight is 290 g/mol. The van der Waals surface area contributed by atoms with Gasteiger partial charge in [0, 0.05) is 19.1 Å². The first-order valence-electron chi connectivity index (χ1n) is 6.81. The normalized spacial score (nSPS) is 35.3. The van der Waals surface area contributed by atoms with Crippen molar-refractivity contribution in [2.24, 2.45) is 0 Å². The minimum Gasteiger partial charge on any atom is -0.480 e. The van der Waals surface area contributed by atoms with E-state index < -0.39 is 21.3 Å². The lowest BCUT2D eigenvalue weighted by atomic mass is 9.97. The molecule has 0 bridgehead atoms. The zero-order valence-corrected chi connectivity index (χ0v) is 12.1. The van der Waals surface area contributed by atoms with Crippen molar-refractivity contribution in [3.05, 3.63) is 0 Å². The molecule has 2 atom stereocenters. The van der Waals surface area contributed by atoms with Gasteiger partial charge in [-0.3, -0.25) is 9.69 Å². The molecule has 0 aromatic heterocycles. The Labute approximate surface area is 114 Å². The van der Waals surface area contributed by atoms with Gasteiger partial charge in [-0.1, -0.05) is 6.92 Å². The van der Waals surface area contributed by atoms with Crippen LogP contribution in [0.25, 0.3) is 0 Å². The smallest absolute Gasteiger partial charge is 0.323 e. The van der Waals surface area contributed by atoms with Crippen molar-refractivity contribution in [1.29, 1.82) is 0 Å². The molecule has 0 radical (unpaired) electrons. The number of nitrogens with one attached hydrogen (secondary N) is 1. The summed E-state index contributed by atoms with van der Waals surface area (Å²) in [4.78, 5) is 13.6. The van der Waals surface area contributed by atoms with Crippen molar-refractivity contribution in [2.75, 3.05) is 31.1 Å². The van der Waals surface area contributed by atoms with Crippen LogP contribution >= 0.6 is 0 Å². The molecular formula is C12H22N2O4S. The maximum atomic E-state index is 11.5.